The van der Waals surface area contributed by atoms with Crippen molar-refractivity contribution in [1.82, 2.24) is 0 Å². The van der Waals surface area contributed by atoms with Crippen LogP contribution < -0.4 is 0 Å². The predicted molar refractivity (Wildman–Crippen MR) is 342 cm³/mol. The molecule has 24 nitrogen and oxygen atoms in total. The second kappa shape index (κ2) is 33.6. The Morgan fingerprint density at radius 1 is 0.475 bits per heavy atom. The first kappa shape index (κ1) is 98.5. The third-order valence-electron chi connectivity index (χ3n) is 26.9. The van der Waals surface area contributed by atoms with E-state index in [-0.39, 0.29) is 333 Å². The molecular formula is C69H100Ac6O24S2. The zero-order chi connectivity index (χ0) is 71.3. The van der Waals surface area contributed by atoms with Crippen LogP contribution in [0.25, 0.3) is 0 Å². The fourth-order valence-electron chi connectivity index (χ4n) is 20.9. The summed E-state index contributed by atoms with van der Waals surface area (Å²) in [6.45, 7) is 25.2. The van der Waals surface area contributed by atoms with Gasteiger partial charge < -0.3 is 89.7 Å². The molecule has 3 heterocycles. The van der Waals surface area contributed by atoms with Gasteiger partial charge in [0.25, 0.3) is 0 Å². The average Bonchev–Trinajstić information content (AvgIpc) is 0.686. The normalized spacial score (nSPS) is 46.5. The molecule has 0 aromatic carbocycles. The van der Waals surface area contributed by atoms with Crippen molar-refractivity contribution in [1.29, 1.82) is 0 Å². The summed E-state index contributed by atoms with van der Waals surface area (Å²) >= 11 is 6.95. The van der Waals surface area contributed by atoms with Crippen molar-refractivity contribution < 1.29 is 383 Å². The molecule has 6 radical (unpaired) electrons. The number of esters is 3. The number of Topliss-reactive ketones (excluding diaryl/α,β-unsaturated/α-hetero) is 3. The van der Waals surface area contributed by atoms with Gasteiger partial charge in [-0.25, -0.2) is 0 Å². The maximum atomic E-state index is 14.3. The van der Waals surface area contributed by atoms with Crippen molar-refractivity contribution >= 4 is 63.4 Å². The summed E-state index contributed by atoms with van der Waals surface area (Å²) in [5.41, 5.74) is -15.9. The Kier molecular flexibility index (Phi) is 32.8. The molecule has 6 saturated carbocycles. The summed E-state index contributed by atoms with van der Waals surface area (Å²) < 4.78 is 34.6. The summed E-state index contributed by atoms with van der Waals surface area (Å²) in [6.07, 6.45) is -11.3. The Morgan fingerprint density at radius 2 is 0.772 bits per heavy atom. The average molecular weight is 2740 g/mol. The summed E-state index contributed by atoms with van der Waals surface area (Å²) in [7, 11) is 0. The van der Waals surface area contributed by atoms with Gasteiger partial charge in [0.2, 0.25) is 0 Å². The molecule has 9 fully saturated rings. The molecule has 3 saturated heterocycles. The summed E-state index contributed by atoms with van der Waals surface area (Å²) in [5, 5.41) is 138. The van der Waals surface area contributed by atoms with E-state index in [1.54, 1.807) is 89.3 Å². The topological polar surface area (TPSA) is 401 Å². The molecule has 32 heteroatoms. The van der Waals surface area contributed by atoms with Gasteiger partial charge in [0.1, 0.15) is 70.2 Å². The van der Waals surface area contributed by atoms with E-state index >= 15 is 0 Å². The molecule has 0 aromatic rings. The van der Waals surface area contributed by atoms with Crippen LogP contribution in [0.2, 0.25) is 0 Å². The molecule has 12 N–H and O–H groups in total. The number of thiocarbonyl (C=S) groups is 1. The SMILES string of the molecule is CC(=O)O[C@H]1[C@@H]2[C@]3(O)CO[C@@H]3CC[C@@]2(C)C(=O)[C@H](O)C2=C(C)[C@@H](O)C[C@]1(O)C2(C)C.CC(=O)O[C@H]1[C@@H]2[C@]3(O)CO[C@@H]3C[C@H](C)[C@@]2(C)C(=O)[C@H](O)C2=C(C)[C@@H](O)C[C@]1(O)C2(C)C.CSC(=S)[C@H]1C[C@H]2OC[C@@]2(O)[C@H]2[C@H](OC(C)=O)[C@]3(O)C[C@H](O)C(C)=C([C@@H](O)C(=O)[C@]12C)C3(C)C.[Ac].[Ac].[Ac].[Ac].[Ac].[Ac]. The molecule has 0 unspecified atom stereocenters. The standard InChI is InChI=1S/C24H34O8S2.C23H34O8.C22H32O8.6Ac/c1-10-13(26)8-24(30)19(32-11(2)25)17-22(5,18(28)16(27)15(10)21(24,3)4)12(20(33)34-6)7-14-23(17,29)9-31-14;1-10-7-14-22(28,9-30-14)17-19(31-12(3)24)23(29)8-13(25)11(2)15(20(23,4)5)16(26)18(27)21(10,17)6;1-10-12(24)8-22(28)18(30-11(2)23)16-20(5,7-6-13-21(16,27)9-29-13)17(26)15(25)14(10)19(22,3)4;;;;;;/h12-14,16-17,19,26-27,29-30H,7-9H2,1-6H3;10,13-14,16-17,19,25-26,28-29H,7-9H2,1-6H3;12-13,15-16,18,24-25,27-28H,6-9H2,1-5H3;;;;;;/t12-,13+,14-,16-,17+,19+,22-,23+,24-;10-,13-,14+,16+,17-,19-,21+,22-,23+;12-,13+,15+,16-,18-,20+,21-,22+;;;;;;/m100....../s1. The van der Waals surface area contributed by atoms with Crippen molar-refractivity contribution in [2.45, 2.75) is 263 Å². The summed E-state index contributed by atoms with van der Waals surface area (Å²) in [6, 6.07) is 0. The molecular weight excluding hydrogens is 2640 g/mol. The molecule has 3 aliphatic heterocycles. The number of hydrogen-bond acceptors (Lipinski definition) is 26. The van der Waals surface area contributed by atoms with Gasteiger partial charge in [-0.05, 0) is 92.1 Å². The maximum Gasteiger partial charge on any atom is 0.303 e. The van der Waals surface area contributed by atoms with Crippen LogP contribution in [0.1, 0.15) is 156 Å². The van der Waals surface area contributed by atoms with Crippen molar-refractivity contribution in [3.8, 4) is 0 Å². The monoisotopic (exact) mass is 2740 g/mol. The number of rotatable bonds is 4. The minimum absolute atomic E-state index is 0. The number of aliphatic hydroxyl groups excluding tert-OH is 6. The van der Waals surface area contributed by atoms with Crippen molar-refractivity contribution in [3.05, 3.63) is 33.4 Å². The van der Waals surface area contributed by atoms with Crippen LogP contribution in [0.5, 0.6) is 0 Å². The fourth-order valence-corrected chi connectivity index (χ4v) is 21.9. The van der Waals surface area contributed by atoms with Crippen LogP contribution in [-0.4, -0.2) is 234 Å². The minimum atomic E-state index is -1.90. The van der Waals surface area contributed by atoms with E-state index in [2.05, 4.69) is 0 Å². The third-order valence-corrected chi connectivity index (χ3v) is 28.4. The van der Waals surface area contributed by atoms with Gasteiger partial charge in [0, 0.05) is 361 Å². The first-order valence-corrected chi connectivity index (χ1v) is 34.7. The van der Waals surface area contributed by atoms with Crippen molar-refractivity contribution in [3.63, 3.8) is 0 Å². The molecule has 550 valence electrons. The Morgan fingerprint density at radius 3 is 1.09 bits per heavy atom. The number of carbonyl (C=O) groups excluding carboxylic acids is 6. The summed E-state index contributed by atoms with van der Waals surface area (Å²) in [5.74, 6) is -7.66. The smallest absolute Gasteiger partial charge is 0.303 e. The number of carbonyl (C=O) groups is 6. The predicted octanol–water partition coefficient (Wildman–Crippen LogP) is 1.90. The molecule has 0 aromatic heterocycles. The van der Waals surface area contributed by atoms with E-state index in [1.807, 2.05) is 6.92 Å². The van der Waals surface area contributed by atoms with E-state index < -0.39 is 198 Å². The maximum absolute atomic E-state index is 14.3. The zero-order valence-corrected chi connectivity index (χ0v) is 91.0. The Hall–Kier alpha value is 5.13. The van der Waals surface area contributed by atoms with E-state index in [9.17, 15) is 90.0 Å². The number of ether oxygens (including phenoxy) is 6. The van der Waals surface area contributed by atoms with E-state index in [0.717, 1.165) is 0 Å². The van der Waals surface area contributed by atoms with Crippen LogP contribution >= 0.6 is 24.0 Å². The van der Waals surface area contributed by atoms with Gasteiger partial charge in [-0.3, -0.25) is 28.8 Å². The van der Waals surface area contributed by atoms with Gasteiger partial charge in [0.15, 0.2) is 17.3 Å². The van der Waals surface area contributed by atoms with Gasteiger partial charge in [-0.15, -0.1) is 11.8 Å². The molecule has 9 aliphatic carbocycles. The largest absolute Gasteiger partial charge is 0.459 e. The van der Waals surface area contributed by atoms with Crippen molar-refractivity contribution in [2.75, 3.05) is 26.1 Å². The van der Waals surface area contributed by atoms with Crippen LogP contribution in [-0.2, 0) is 57.2 Å². The second-order valence-corrected chi connectivity index (χ2v) is 33.8. The fraction of sp³-hybridized carbons (Fsp3) is 0.812. The van der Waals surface area contributed by atoms with E-state index in [0.29, 0.717) is 40.2 Å². The number of thioether (sulfide) groups is 1. The third kappa shape index (κ3) is 14.6. The molecule has 12 rings (SSSR count). The zero-order valence-electron chi connectivity index (χ0n) is 60.9. The molecule has 12 aliphatic rings. The molecule has 0 spiro atoms. The number of aliphatic hydroxyl groups is 12. The van der Waals surface area contributed by atoms with Crippen LogP contribution in [0, 0.1) is 326 Å². The van der Waals surface area contributed by atoms with Gasteiger partial charge >= 0.3 is 17.9 Å². The molecule has 0 amide bonds. The number of ketones is 3. The van der Waals surface area contributed by atoms with Crippen molar-refractivity contribution in [2.24, 2.45) is 62.1 Å². The van der Waals surface area contributed by atoms with E-state index in [4.69, 9.17) is 40.6 Å². The quantitative estimate of drug-likeness (QED) is 0.0827. The first-order chi connectivity index (χ1) is 43.4. The van der Waals surface area contributed by atoms with Crippen LogP contribution in [0.3, 0.4) is 0 Å². The van der Waals surface area contributed by atoms with Crippen LogP contribution in [0.4, 0.5) is 0 Å². The first-order valence-electron chi connectivity index (χ1n) is 33.1. The van der Waals surface area contributed by atoms with Gasteiger partial charge in [-0.1, -0.05) is 81.5 Å². The van der Waals surface area contributed by atoms with Gasteiger partial charge in [0.05, 0.1) is 60.6 Å². The molecule has 6 bridgehead atoms. The summed E-state index contributed by atoms with van der Waals surface area (Å²) in [4.78, 5) is 78.7. The Balaban J connectivity index is 0.000000313. The number of fused-ring (bicyclic) bond motifs is 15. The minimum Gasteiger partial charge on any atom is -0.459 e. The van der Waals surface area contributed by atoms with E-state index in [1.165, 1.54) is 32.5 Å². The van der Waals surface area contributed by atoms with Crippen LogP contribution in [0.15, 0.2) is 33.4 Å². The second-order valence-electron chi connectivity index (χ2n) is 32.3. The Bertz CT molecular complexity index is 3390. The Labute approximate surface area is 815 Å². The molecule has 26 atom stereocenters. The number of hydrogen-bond donors (Lipinski definition) is 12. The molecule has 101 heavy (non-hydrogen) atoms. The van der Waals surface area contributed by atoms with Gasteiger partial charge in [-0.2, -0.15) is 0 Å².